The molecule has 0 saturated heterocycles. The van der Waals surface area contributed by atoms with Gasteiger partial charge in [0.05, 0.1) is 0 Å². The Labute approximate surface area is 262 Å². The van der Waals surface area contributed by atoms with Gasteiger partial charge in [-0.3, -0.25) is 9.59 Å². The number of aromatic amines is 4. The summed E-state index contributed by atoms with van der Waals surface area (Å²) in [7, 11) is 0. The molecule has 1 aliphatic heterocycles. The van der Waals surface area contributed by atoms with Gasteiger partial charge < -0.3 is 30.1 Å². The molecule has 0 fully saturated rings. The molecule has 0 unspecified atom stereocenters. The van der Waals surface area contributed by atoms with Crippen molar-refractivity contribution in [3.63, 3.8) is 0 Å². The predicted octanol–water partition coefficient (Wildman–Crippen LogP) is 1.49. The first-order valence-corrected chi connectivity index (χ1v) is 14.3. The van der Waals surface area contributed by atoms with Crippen LogP contribution >= 0.6 is 0 Å². The van der Waals surface area contributed by atoms with Crippen molar-refractivity contribution in [3.05, 3.63) is 88.0 Å². The van der Waals surface area contributed by atoms with E-state index >= 15 is 0 Å². The minimum Gasteiger partial charge on any atom is -0.481 e. The molecule has 0 aliphatic carbocycles. The minimum absolute atomic E-state index is 0. The maximum atomic E-state index is 11.5. The van der Waals surface area contributed by atoms with Crippen LogP contribution in [0, 0.1) is 27.7 Å². The number of carbonyl (C=O) groups is 2. The summed E-state index contributed by atoms with van der Waals surface area (Å²) >= 11 is 0. The van der Waals surface area contributed by atoms with Crippen LogP contribution in [-0.2, 0) is 41.9 Å². The third kappa shape index (κ3) is 6.05. The third-order valence-corrected chi connectivity index (χ3v) is 8.55. The number of aromatic nitrogens is 4. The Morgan fingerprint density at radius 2 is 1.02 bits per heavy atom. The summed E-state index contributed by atoms with van der Waals surface area (Å²) in [5, 5.41) is 24.9. The first-order chi connectivity index (χ1) is 20.0. The molecule has 9 heteroatoms. The average molecular weight is 632 g/mol. The molecule has 220 valence electrons. The second-order valence-electron chi connectivity index (χ2n) is 11.0. The van der Waals surface area contributed by atoms with Crippen LogP contribution in [0.3, 0.4) is 0 Å². The Morgan fingerprint density at radius 1 is 0.581 bits per heavy atom. The molecule has 8 nitrogen and oxygen atoms in total. The van der Waals surface area contributed by atoms with Gasteiger partial charge in [0.15, 0.2) is 0 Å². The fourth-order valence-corrected chi connectivity index (χ4v) is 6.15. The standard InChI is InChI=1S/C34H38N4O4.Zn/c1-7-21-17(3)25-13-26-19(5)23(9-11-33(39)40)31(37-26)16-32-24(10-12-34(41)42)20(6)28(38-32)15-30-22(8-2)18(4)27(36-30)14-29(21)35-25;/h7-8,13-16,35-38H,9-12H2,1-6H3,(H,39,40)(H,41,42);/b21-7+,22-8+,26-13-,29-14?,30-15-,31-16-;. The normalized spacial score (nSPS) is 15.4. The van der Waals surface area contributed by atoms with Gasteiger partial charge in [-0.05, 0) is 123 Å². The molecular weight excluding hydrogens is 594 g/mol. The molecule has 0 aromatic carbocycles. The number of aliphatic carboxylic acids is 2. The van der Waals surface area contributed by atoms with E-state index in [0.717, 1.165) is 88.0 Å². The zero-order chi connectivity index (χ0) is 30.3. The summed E-state index contributed by atoms with van der Waals surface area (Å²) in [4.78, 5) is 37.4. The number of nitrogens with one attached hydrogen (secondary N) is 4. The van der Waals surface area contributed by atoms with Gasteiger partial charge in [0.25, 0.3) is 0 Å². The molecular formula is C34H38N4O4Zn. The largest absolute Gasteiger partial charge is 0.481 e. The smallest absolute Gasteiger partial charge is 0.303 e. The van der Waals surface area contributed by atoms with Crippen molar-refractivity contribution in [1.29, 1.82) is 0 Å². The summed E-state index contributed by atoms with van der Waals surface area (Å²) in [6.07, 6.45) is 13.3. The van der Waals surface area contributed by atoms with Crippen molar-refractivity contribution < 1.29 is 39.3 Å². The molecule has 0 atom stereocenters. The van der Waals surface area contributed by atoms with Gasteiger partial charge in [-0.1, -0.05) is 12.2 Å². The Hall–Kier alpha value is -4.10. The summed E-state index contributed by atoms with van der Waals surface area (Å²) < 4.78 is 0. The van der Waals surface area contributed by atoms with E-state index in [2.05, 4.69) is 64.2 Å². The molecule has 0 amide bonds. The molecule has 43 heavy (non-hydrogen) atoms. The van der Waals surface area contributed by atoms with Crippen LogP contribution in [0.15, 0.2) is 0 Å². The van der Waals surface area contributed by atoms with E-state index in [4.69, 9.17) is 0 Å². The fraction of sp³-hybridized carbons (Fsp3) is 0.294. The number of hydrogen-bond acceptors (Lipinski definition) is 2. The van der Waals surface area contributed by atoms with E-state index < -0.39 is 11.9 Å². The molecule has 1 aliphatic rings. The monoisotopic (exact) mass is 630 g/mol. The molecule has 4 aromatic rings. The van der Waals surface area contributed by atoms with Crippen molar-refractivity contribution in [2.45, 2.75) is 67.2 Å². The van der Waals surface area contributed by atoms with Crippen molar-refractivity contribution in [3.8, 4) is 0 Å². The Balaban J connectivity index is 0.00000423. The van der Waals surface area contributed by atoms with Gasteiger partial charge in [0.2, 0.25) is 0 Å². The first-order valence-electron chi connectivity index (χ1n) is 14.3. The van der Waals surface area contributed by atoms with Crippen LogP contribution in [-0.4, -0.2) is 42.1 Å². The van der Waals surface area contributed by atoms with Crippen LogP contribution < -0.4 is 31.8 Å². The summed E-state index contributed by atoms with van der Waals surface area (Å²) in [6, 6.07) is 0. The molecule has 0 spiro atoms. The van der Waals surface area contributed by atoms with Gasteiger partial charge in [0, 0.05) is 76.5 Å². The number of rotatable bonds is 6. The van der Waals surface area contributed by atoms with Crippen LogP contribution in [0.5, 0.6) is 0 Å². The average Bonchev–Trinajstić information content (AvgIpc) is 3.59. The van der Waals surface area contributed by atoms with Crippen molar-refractivity contribution in [2.24, 2.45) is 0 Å². The SMILES string of the molecule is C/C=c1\c(C)c2[nH]c1=Cc1[nH]c(/c(=C/C)c1C)=C\c1[nH]c(c(CCC(=O)O)c1C)/C=c1\[nH]/c(c(C)c1CCC(=O)O)=C\2.[Zn]. The van der Waals surface area contributed by atoms with Gasteiger partial charge in [-0.15, -0.1) is 0 Å². The second kappa shape index (κ2) is 12.6. The second-order valence-corrected chi connectivity index (χ2v) is 11.0. The first kappa shape index (κ1) is 31.8. The van der Waals surface area contributed by atoms with E-state index in [0.29, 0.717) is 12.8 Å². The molecule has 4 aromatic heterocycles. The molecule has 0 radical (unpaired) electrons. The van der Waals surface area contributed by atoms with E-state index in [-0.39, 0.29) is 32.3 Å². The van der Waals surface area contributed by atoms with Crippen LogP contribution in [0.2, 0.25) is 0 Å². The third-order valence-electron chi connectivity index (χ3n) is 8.55. The van der Waals surface area contributed by atoms with Crippen LogP contribution in [0.4, 0.5) is 0 Å². The van der Waals surface area contributed by atoms with Gasteiger partial charge >= 0.3 is 11.9 Å². The van der Waals surface area contributed by atoms with E-state index in [1.807, 2.05) is 33.8 Å². The number of carboxylic acids is 2. The summed E-state index contributed by atoms with van der Waals surface area (Å²) in [6.45, 7) is 12.3. The minimum atomic E-state index is -0.854. The van der Waals surface area contributed by atoms with Gasteiger partial charge in [-0.25, -0.2) is 0 Å². The molecule has 5 rings (SSSR count). The maximum Gasteiger partial charge on any atom is 0.303 e. The Morgan fingerprint density at radius 3 is 1.51 bits per heavy atom. The van der Waals surface area contributed by atoms with Gasteiger partial charge in [-0.2, -0.15) is 0 Å². The maximum absolute atomic E-state index is 11.5. The summed E-state index contributed by atoms with van der Waals surface area (Å²) in [5.74, 6) is -1.71. The molecule has 6 N–H and O–H groups in total. The zero-order valence-electron chi connectivity index (χ0n) is 25.7. The number of carboxylic acid groups (broad SMARTS) is 2. The number of fused-ring (bicyclic) bond motifs is 8. The fourth-order valence-electron chi connectivity index (χ4n) is 6.15. The molecule has 0 saturated carbocycles. The topological polar surface area (TPSA) is 138 Å². The molecule has 5 heterocycles. The van der Waals surface area contributed by atoms with Gasteiger partial charge in [0.1, 0.15) is 0 Å². The summed E-state index contributed by atoms with van der Waals surface area (Å²) in [5.41, 5.74) is 9.79. The van der Waals surface area contributed by atoms with Crippen molar-refractivity contribution in [2.75, 3.05) is 0 Å². The van der Waals surface area contributed by atoms with E-state index in [1.165, 1.54) is 0 Å². The van der Waals surface area contributed by atoms with Crippen molar-refractivity contribution in [1.82, 2.24) is 19.9 Å². The van der Waals surface area contributed by atoms with Crippen LogP contribution in [0.1, 0.15) is 82.8 Å². The van der Waals surface area contributed by atoms with E-state index in [1.54, 1.807) is 0 Å². The van der Waals surface area contributed by atoms with Crippen molar-refractivity contribution >= 4 is 48.4 Å². The predicted molar refractivity (Wildman–Crippen MR) is 166 cm³/mol. The Bertz CT molecular complexity index is 2120. The zero-order valence-corrected chi connectivity index (χ0v) is 28.7. The number of H-pyrrole nitrogens is 4. The van der Waals surface area contributed by atoms with Crippen LogP contribution in [0.25, 0.3) is 36.5 Å². The molecule has 8 bridgehead atoms. The van der Waals surface area contributed by atoms with E-state index in [9.17, 15) is 19.8 Å². The number of hydrogen-bond donors (Lipinski definition) is 6. The quantitative estimate of drug-likeness (QED) is 0.158. The Kier molecular flexibility index (Phi) is 9.36.